The predicted molar refractivity (Wildman–Crippen MR) is 111 cm³/mol. The van der Waals surface area contributed by atoms with Gasteiger partial charge in [-0.3, -0.25) is 9.59 Å². The van der Waals surface area contributed by atoms with Crippen molar-refractivity contribution in [2.45, 2.75) is 31.7 Å². The molecule has 0 bridgehead atoms. The lowest BCUT2D eigenvalue weighted by molar-refractivity contribution is -0.132. The molecule has 2 aromatic carbocycles. The number of ether oxygens (including phenoxy) is 2. The maximum Gasteiger partial charge on any atom is 0.251 e. The Labute approximate surface area is 171 Å². The third kappa shape index (κ3) is 6.24. The highest BCUT2D eigenvalue weighted by molar-refractivity contribution is 5.94. The minimum Gasteiger partial charge on any atom is -0.497 e. The molecular formula is C23H28N2O4. The van der Waals surface area contributed by atoms with Gasteiger partial charge in [0, 0.05) is 31.1 Å². The number of benzene rings is 2. The molecule has 1 aliphatic rings. The second-order valence-corrected chi connectivity index (χ2v) is 7.13. The summed E-state index contributed by atoms with van der Waals surface area (Å²) in [5.74, 6) is 1.54. The number of likely N-dealkylation sites (tertiary alicyclic amines) is 1. The minimum absolute atomic E-state index is 0.0826. The number of hydrogen-bond donors (Lipinski definition) is 1. The molecule has 0 aliphatic carbocycles. The van der Waals surface area contributed by atoms with Gasteiger partial charge in [0.1, 0.15) is 11.5 Å². The molecule has 6 heteroatoms. The molecule has 0 atom stereocenters. The standard InChI is InChI=1S/C23H28N2O4/c1-28-21-10-5-7-18(17-21)23(27)24-19-12-14-25(15-13-19)22(26)11-6-16-29-20-8-3-2-4-9-20/h2-5,7-10,17,19H,6,11-16H2,1H3,(H,24,27). The van der Waals surface area contributed by atoms with Gasteiger partial charge in [-0.25, -0.2) is 0 Å². The van der Waals surface area contributed by atoms with Gasteiger partial charge >= 0.3 is 0 Å². The number of amides is 2. The van der Waals surface area contributed by atoms with Gasteiger partial charge in [-0.05, 0) is 49.6 Å². The lowest BCUT2D eigenvalue weighted by Crippen LogP contribution is -2.46. The van der Waals surface area contributed by atoms with E-state index in [1.807, 2.05) is 41.3 Å². The van der Waals surface area contributed by atoms with Crippen LogP contribution in [0.1, 0.15) is 36.0 Å². The van der Waals surface area contributed by atoms with Crippen molar-refractivity contribution < 1.29 is 19.1 Å². The Bertz CT molecular complexity index is 802. The van der Waals surface area contributed by atoms with E-state index >= 15 is 0 Å². The van der Waals surface area contributed by atoms with Crippen LogP contribution in [0.15, 0.2) is 54.6 Å². The summed E-state index contributed by atoms with van der Waals surface area (Å²) < 4.78 is 10.8. The van der Waals surface area contributed by atoms with Crippen LogP contribution in [0.5, 0.6) is 11.5 Å². The Hall–Kier alpha value is -3.02. The summed E-state index contributed by atoms with van der Waals surface area (Å²) in [6.07, 6.45) is 2.71. The second kappa shape index (κ2) is 10.5. The van der Waals surface area contributed by atoms with Crippen molar-refractivity contribution in [2.24, 2.45) is 0 Å². The normalized spacial score (nSPS) is 14.3. The molecule has 1 aliphatic heterocycles. The van der Waals surface area contributed by atoms with E-state index in [1.165, 1.54) is 0 Å². The van der Waals surface area contributed by atoms with Gasteiger partial charge in [0.25, 0.3) is 5.91 Å². The van der Waals surface area contributed by atoms with E-state index in [9.17, 15) is 9.59 Å². The summed E-state index contributed by atoms with van der Waals surface area (Å²) in [4.78, 5) is 26.7. The van der Waals surface area contributed by atoms with E-state index in [2.05, 4.69) is 5.32 Å². The van der Waals surface area contributed by atoms with Crippen molar-refractivity contribution in [3.8, 4) is 11.5 Å². The molecule has 0 unspecified atom stereocenters. The summed E-state index contributed by atoms with van der Waals surface area (Å²) in [5.41, 5.74) is 0.585. The van der Waals surface area contributed by atoms with Crippen LogP contribution in [0.3, 0.4) is 0 Å². The van der Waals surface area contributed by atoms with Crippen LogP contribution in [0.4, 0.5) is 0 Å². The van der Waals surface area contributed by atoms with Crippen molar-refractivity contribution in [1.29, 1.82) is 0 Å². The Balaban J connectivity index is 1.36. The van der Waals surface area contributed by atoms with Gasteiger partial charge in [0.15, 0.2) is 0 Å². The number of piperidine rings is 1. The van der Waals surface area contributed by atoms with Gasteiger partial charge in [-0.2, -0.15) is 0 Å². The van der Waals surface area contributed by atoms with Crippen molar-refractivity contribution in [3.63, 3.8) is 0 Å². The third-order valence-corrected chi connectivity index (χ3v) is 5.06. The Kier molecular flexibility index (Phi) is 7.50. The van der Waals surface area contributed by atoms with Gasteiger partial charge in [-0.15, -0.1) is 0 Å². The first-order valence-corrected chi connectivity index (χ1v) is 10.1. The van der Waals surface area contributed by atoms with E-state index in [0.29, 0.717) is 43.9 Å². The molecule has 6 nitrogen and oxygen atoms in total. The Morgan fingerprint density at radius 2 is 1.76 bits per heavy atom. The number of para-hydroxylation sites is 1. The van der Waals surface area contributed by atoms with Crippen LogP contribution < -0.4 is 14.8 Å². The molecule has 1 saturated heterocycles. The Morgan fingerprint density at radius 3 is 2.48 bits per heavy atom. The number of nitrogens with one attached hydrogen (secondary N) is 1. The zero-order chi connectivity index (χ0) is 20.5. The summed E-state index contributed by atoms with van der Waals surface area (Å²) in [7, 11) is 1.58. The second-order valence-electron chi connectivity index (χ2n) is 7.13. The number of carbonyl (C=O) groups excluding carboxylic acids is 2. The van der Waals surface area contributed by atoms with Crippen LogP contribution in [-0.2, 0) is 4.79 Å². The first kappa shape index (κ1) is 20.7. The highest BCUT2D eigenvalue weighted by atomic mass is 16.5. The highest BCUT2D eigenvalue weighted by Crippen LogP contribution is 2.16. The third-order valence-electron chi connectivity index (χ3n) is 5.06. The van der Waals surface area contributed by atoms with Crippen LogP contribution in [0, 0.1) is 0 Å². The molecule has 29 heavy (non-hydrogen) atoms. The number of nitrogens with zero attached hydrogens (tertiary/aromatic N) is 1. The van der Waals surface area contributed by atoms with Gasteiger partial charge in [0.05, 0.1) is 13.7 Å². The van der Waals surface area contributed by atoms with Crippen LogP contribution >= 0.6 is 0 Å². The van der Waals surface area contributed by atoms with Crippen LogP contribution in [-0.4, -0.2) is 49.6 Å². The molecule has 3 rings (SSSR count). The van der Waals surface area contributed by atoms with E-state index in [0.717, 1.165) is 18.6 Å². The highest BCUT2D eigenvalue weighted by Gasteiger charge is 2.24. The molecule has 1 heterocycles. The lowest BCUT2D eigenvalue weighted by Gasteiger charge is -2.32. The number of methoxy groups -OCH3 is 1. The first-order valence-electron chi connectivity index (χ1n) is 10.1. The van der Waals surface area contributed by atoms with Crippen molar-refractivity contribution in [1.82, 2.24) is 10.2 Å². The Morgan fingerprint density at radius 1 is 1.03 bits per heavy atom. The molecule has 2 aromatic rings. The zero-order valence-electron chi connectivity index (χ0n) is 16.8. The van der Waals surface area contributed by atoms with E-state index in [-0.39, 0.29) is 17.9 Å². The maximum atomic E-state index is 12.4. The van der Waals surface area contributed by atoms with E-state index in [4.69, 9.17) is 9.47 Å². The summed E-state index contributed by atoms with van der Waals surface area (Å²) in [6, 6.07) is 16.8. The summed E-state index contributed by atoms with van der Waals surface area (Å²) in [6.45, 7) is 1.87. The average Bonchev–Trinajstić information content (AvgIpc) is 2.78. The molecule has 1 fully saturated rings. The van der Waals surface area contributed by atoms with Gasteiger partial charge in [0.2, 0.25) is 5.91 Å². The van der Waals surface area contributed by atoms with Crippen LogP contribution in [0.2, 0.25) is 0 Å². The molecule has 0 radical (unpaired) electrons. The quantitative estimate of drug-likeness (QED) is 0.696. The van der Waals surface area contributed by atoms with E-state index in [1.54, 1.807) is 25.3 Å². The van der Waals surface area contributed by atoms with Crippen molar-refractivity contribution in [3.05, 3.63) is 60.2 Å². The molecular weight excluding hydrogens is 368 g/mol. The fraction of sp³-hybridized carbons (Fsp3) is 0.391. The molecule has 0 aromatic heterocycles. The zero-order valence-corrected chi connectivity index (χ0v) is 16.8. The topological polar surface area (TPSA) is 67.9 Å². The first-order chi connectivity index (χ1) is 14.2. The average molecular weight is 396 g/mol. The molecule has 1 N–H and O–H groups in total. The number of hydrogen-bond acceptors (Lipinski definition) is 4. The number of rotatable bonds is 8. The van der Waals surface area contributed by atoms with E-state index < -0.39 is 0 Å². The molecule has 154 valence electrons. The molecule has 2 amide bonds. The van der Waals surface area contributed by atoms with Gasteiger partial charge < -0.3 is 19.7 Å². The SMILES string of the molecule is COc1cccc(C(=O)NC2CCN(C(=O)CCCOc3ccccc3)CC2)c1. The summed E-state index contributed by atoms with van der Waals surface area (Å²) in [5, 5.41) is 3.06. The largest absolute Gasteiger partial charge is 0.497 e. The monoisotopic (exact) mass is 396 g/mol. The van der Waals surface area contributed by atoms with Crippen molar-refractivity contribution >= 4 is 11.8 Å². The van der Waals surface area contributed by atoms with Gasteiger partial charge in [-0.1, -0.05) is 24.3 Å². The lowest BCUT2D eigenvalue weighted by atomic mass is 10.0. The summed E-state index contributed by atoms with van der Waals surface area (Å²) >= 11 is 0. The number of carbonyl (C=O) groups is 2. The minimum atomic E-state index is -0.105. The van der Waals surface area contributed by atoms with Crippen molar-refractivity contribution in [2.75, 3.05) is 26.8 Å². The molecule has 0 saturated carbocycles. The fourth-order valence-corrected chi connectivity index (χ4v) is 3.39. The smallest absolute Gasteiger partial charge is 0.251 e. The molecule has 0 spiro atoms. The predicted octanol–water partition coefficient (Wildman–Crippen LogP) is 3.28. The van der Waals surface area contributed by atoms with Crippen LogP contribution in [0.25, 0.3) is 0 Å². The maximum absolute atomic E-state index is 12.4. The fourth-order valence-electron chi connectivity index (χ4n) is 3.39.